The second-order valence-electron chi connectivity index (χ2n) is 4.61. The molecule has 1 nitrogen and oxygen atoms in total. The number of hydrogen-bond acceptors (Lipinski definition) is 1. The van der Waals surface area contributed by atoms with Gasteiger partial charge in [-0.25, -0.2) is 4.39 Å². The summed E-state index contributed by atoms with van der Waals surface area (Å²) in [6.45, 7) is 3.91. The maximum absolute atomic E-state index is 13.3. The molecule has 1 atom stereocenters. The fourth-order valence-electron chi connectivity index (χ4n) is 2.02. The highest BCUT2D eigenvalue weighted by atomic mass is 79.9. The Morgan fingerprint density at radius 1 is 1.16 bits per heavy atom. The van der Waals surface area contributed by atoms with E-state index in [-0.39, 0.29) is 11.9 Å². The zero-order valence-electron chi connectivity index (χ0n) is 10.7. The molecule has 2 rings (SSSR count). The van der Waals surface area contributed by atoms with E-state index in [1.807, 2.05) is 26.0 Å². The molecule has 19 heavy (non-hydrogen) atoms. The Labute approximate surface area is 125 Å². The highest BCUT2D eigenvalue weighted by Gasteiger charge is 2.14. The summed E-state index contributed by atoms with van der Waals surface area (Å²) in [5, 5.41) is 0.730. The van der Waals surface area contributed by atoms with Gasteiger partial charge in [0.15, 0.2) is 0 Å². The van der Waals surface area contributed by atoms with Crippen LogP contribution >= 0.6 is 27.5 Å². The fraction of sp³-hybridized carbons (Fsp3) is 0.200. The molecule has 0 heterocycles. The Bertz CT molecular complexity index is 628. The van der Waals surface area contributed by atoms with E-state index in [0.717, 1.165) is 27.3 Å². The van der Waals surface area contributed by atoms with Gasteiger partial charge in [-0.1, -0.05) is 23.7 Å². The van der Waals surface area contributed by atoms with E-state index >= 15 is 0 Å². The second kappa shape index (κ2) is 5.61. The molecule has 0 aliphatic carbocycles. The van der Waals surface area contributed by atoms with Gasteiger partial charge in [-0.15, -0.1) is 0 Å². The van der Waals surface area contributed by atoms with Gasteiger partial charge in [0.25, 0.3) is 0 Å². The van der Waals surface area contributed by atoms with E-state index in [4.69, 9.17) is 17.3 Å². The van der Waals surface area contributed by atoms with Crippen LogP contribution < -0.4 is 5.73 Å². The van der Waals surface area contributed by atoms with Gasteiger partial charge in [-0.05, 0) is 70.2 Å². The Hall–Kier alpha value is -0.900. The largest absolute Gasteiger partial charge is 0.320 e. The minimum atomic E-state index is -0.298. The van der Waals surface area contributed by atoms with Gasteiger partial charge < -0.3 is 5.73 Å². The van der Waals surface area contributed by atoms with E-state index in [1.54, 1.807) is 12.1 Å². The van der Waals surface area contributed by atoms with E-state index < -0.39 is 0 Å². The SMILES string of the molecule is Cc1cc(C(N)c2ccc(F)c(Br)c2)c(C)cc1Cl. The molecule has 0 fully saturated rings. The van der Waals surface area contributed by atoms with E-state index in [0.29, 0.717) is 4.47 Å². The van der Waals surface area contributed by atoms with Gasteiger partial charge in [-0.2, -0.15) is 0 Å². The number of benzene rings is 2. The summed E-state index contributed by atoms with van der Waals surface area (Å²) in [4.78, 5) is 0. The van der Waals surface area contributed by atoms with Crippen LogP contribution in [0.15, 0.2) is 34.8 Å². The molecule has 0 aliphatic heterocycles. The minimum Gasteiger partial charge on any atom is -0.320 e. The molecule has 0 saturated heterocycles. The number of hydrogen-bond donors (Lipinski definition) is 1. The highest BCUT2D eigenvalue weighted by Crippen LogP contribution is 2.29. The summed E-state index contributed by atoms with van der Waals surface area (Å²) in [6, 6.07) is 8.42. The van der Waals surface area contributed by atoms with Crippen LogP contribution in [0.3, 0.4) is 0 Å². The van der Waals surface area contributed by atoms with Crippen molar-refractivity contribution in [3.05, 3.63) is 67.9 Å². The molecule has 2 aromatic carbocycles. The monoisotopic (exact) mass is 341 g/mol. The molecule has 0 radical (unpaired) electrons. The van der Waals surface area contributed by atoms with Crippen LogP contribution in [0.4, 0.5) is 4.39 Å². The molecule has 0 spiro atoms. The summed E-state index contributed by atoms with van der Waals surface area (Å²) < 4.78 is 13.7. The normalized spacial score (nSPS) is 12.5. The molecule has 0 aromatic heterocycles. The van der Waals surface area contributed by atoms with Gasteiger partial charge in [0, 0.05) is 5.02 Å². The maximum Gasteiger partial charge on any atom is 0.137 e. The summed E-state index contributed by atoms with van der Waals surface area (Å²) in [5.41, 5.74) is 10.1. The number of aryl methyl sites for hydroxylation is 2. The third-order valence-electron chi connectivity index (χ3n) is 3.19. The molecule has 0 bridgehead atoms. The maximum atomic E-state index is 13.3. The van der Waals surface area contributed by atoms with Crippen LogP contribution in [0.1, 0.15) is 28.3 Å². The lowest BCUT2D eigenvalue weighted by Crippen LogP contribution is -2.13. The van der Waals surface area contributed by atoms with Crippen molar-refractivity contribution in [1.29, 1.82) is 0 Å². The van der Waals surface area contributed by atoms with Crippen molar-refractivity contribution in [2.75, 3.05) is 0 Å². The summed E-state index contributed by atoms with van der Waals surface area (Å²) >= 11 is 9.26. The molecule has 0 saturated carbocycles. The molecule has 0 aliphatic rings. The van der Waals surface area contributed by atoms with Crippen molar-refractivity contribution in [2.24, 2.45) is 5.73 Å². The predicted molar refractivity (Wildman–Crippen MR) is 81.1 cm³/mol. The topological polar surface area (TPSA) is 26.0 Å². The first-order valence-corrected chi connectivity index (χ1v) is 7.04. The quantitative estimate of drug-likeness (QED) is 0.825. The van der Waals surface area contributed by atoms with Crippen molar-refractivity contribution < 1.29 is 4.39 Å². The van der Waals surface area contributed by atoms with Gasteiger partial charge in [-0.3, -0.25) is 0 Å². The lowest BCUT2D eigenvalue weighted by atomic mass is 9.94. The van der Waals surface area contributed by atoms with Crippen molar-refractivity contribution in [3.63, 3.8) is 0 Å². The smallest absolute Gasteiger partial charge is 0.137 e. The molecule has 2 N–H and O–H groups in total. The second-order valence-corrected chi connectivity index (χ2v) is 5.87. The predicted octanol–water partition coefficient (Wildman–Crippen LogP) is 4.91. The Morgan fingerprint density at radius 3 is 2.47 bits per heavy atom. The lowest BCUT2D eigenvalue weighted by molar-refractivity contribution is 0.619. The third kappa shape index (κ3) is 2.99. The molecule has 4 heteroatoms. The van der Waals surface area contributed by atoms with E-state index in [2.05, 4.69) is 15.9 Å². The third-order valence-corrected chi connectivity index (χ3v) is 4.20. The standard InChI is InChI=1S/C15H14BrClFN/c1-8-6-13(17)9(2)5-11(8)15(19)10-3-4-14(18)12(16)7-10/h3-7,15H,19H2,1-2H3. The van der Waals surface area contributed by atoms with E-state index in [9.17, 15) is 4.39 Å². The summed E-state index contributed by atoms with van der Waals surface area (Å²) in [7, 11) is 0. The zero-order valence-corrected chi connectivity index (χ0v) is 13.0. The average Bonchev–Trinajstić information content (AvgIpc) is 2.36. The Kier molecular flexibility index (Phi) is 4.29. The Morgan fingerprint density at radius 2 is 1.84 bits per heavy atom. The van der Waals surface area contributed by atoms with Gasteiger partial charge in [0.2, 0.25) is 0 Å². The number of nitrogens with two attached hydrogens (primary N) is 1. The summed E-state index contributed by atoms with van der Waals surface area (Å²) in [5.74, 6) is -0.292. The van der Waals surface area contributed by atoms with Crippen LogP contribution in [0.2, 0.25) is 5.02 Å². The van der Waals surface area contributed by atoms with Crippen LogP contribution in [-0.4, -0.2) is 0 Å². The number of halogens is 3. The molecule has 100 valence electrons. The first-order chi connectivity index (χ1) is 8.90. The number of rotatable bonds is 2. The van der Waals surface area contributed by atoms with Crippen LogP contribution in [0.25, 0.3) is 0 Å². The van der Waals surface area contributed by atoms with Crippen molar-refractivity contribution in [3.8, 4) is 0 Å². The molecule has 2 aromatic rings. The fourth-order valence-corrected chi connectivity index (χ4v) is 2.64. The van der Waals surface area contributed by atoms with Crippen LogP contribution in [0, 0.1) is 19.7 Å². The first kappa shape index (κ1) is 14.5. The highest BCUT2D eigenvalue weighted by molar-refractivity contribution is 9.10. The van der Waals surface area contributed by atoms with Gasteiger partial charge >= 0.3 is 0 Å². The molecular weight excluding hydrogens is 329 g/mol. The van der Waals surface area contributed by atoms with Crippen molar-refractivity contribution >= 4 is 27.5 Å². The van der Waals surface area contributed by atoms with Gasteiger partial charge in [0.05, 0.1) is 10.5 Å². The van der Waals surface area contributed by atoms with E-state index in [1.165, 1.54) is 6.07 Å². The summed E-state index contributed by atoms with van der Waals surface area (Å²) in [6.07, 6.45) is 0. The van der Waals surface area contributed by atoms with Crippen molar-refractivity contribution in [2.45, 2.75) is 19.9 Å². The molecule has 0 amide bonds. The Balaban J connectivity index is 2.46. The molecular formula is C15H14BrClFN. The van der Waals surface area contributed by atoms with Crippen LogP contribution in [0.5, 0.6) is 0 Å². The first-order valence-electron chi connectivity index (χ1n) is 5.87. The van der Waals surface area contributed by atoms with Crippen molar-refractivity contribution in [1.82, 2.24) is 0 Å². The van der Waals surface area contributed by atoms with Crippen LogP contribution in [-0.2, 0) is 0 Å². The lowest BCUT2D eigenvalue weighted by Gasteiger charge is -2.17. The zero-order chi connectivity index (χ0) is 14.2. The molecule has 1 unspecified atom stereocenters. The average molecular weight is 343 g/mol. The minimum absolute atomic E-state index is 0.292. The van der Waals surface area contributed by atoms with Gasteiger partial charge in [0.1, 0.15) is 5.82 Å².